The van der Waals surface area contributed by atoms with Crippen LogP contribution in [-0.2, 0) is 0 Å². The Kier molecular flexibility index (Phi) is 5.59. The first-order chi connectivity index (χ1) is 9.76. The molecule has 1 fully saturated rings. The molecule has 0 atom stereocenters. The van der Waals surface area contributed by atoms with Crippen molar-refractivity contribution in [3.63, 3.8) is 0 Å². The van der Waals surface area contributed by atoms with Gasteiger partial charge in [-0.2, -0.15) is 0 Å². The van der Waals surface area contributed by atoms with Crippen LogP contribution in [0.5, 0.6) is 0 Å². The first-order valence-corrected chi connectivity index (χ1v) is 7.79. The maximum atomic E-state index is 4.63. The molecule has 20 heavy (non-hydrogen) atoms. The van der Waals surface area contributed by atoms with Crippen LogP contribution in [0.15, 0.2) is 6.07 Å². The van der Waals surface area contributed by atoms with Gasteiger partial charge >= 0.3 is 0 Å². The molecule has 2 rings (SSSR count). The van der Waals surface area contributed by atoms with Crippen molar-refractivity contribution in [3.8, 4) is 0 Å². The molecule has 0 amide bonds. The lowest BCUT2D eigenvalue weighted by Crippen LogP contribution is -2.29. The Bertz CT molecular complexity index is 417. The Balaban J connectivity index is 1.89. The van der Waals surface area contributed by atoms with Crippen molar-refractivity contribution < 1.29 is 0 Å². The van der Waals surface area contributed by atoms with Gasteiger partial charge < -0.3 is 15.5 Å². The third-order valence-corrected chi connectivity index (χ3v) is 3.66. The van der Waals surface area contributed by atoms with E-state index < -0.39 is 0 Å². The van der Waals surface area contributed by atoms with Gasteiger partial charge in [-0.1, -0.05) is 13.8 Å². The van der Waals surface area contributed by atoms with Gasteiger partial charge in [-0.05, 0) is 32.4 Å². The lowest BCUT2D eigenvalue weighted by atomic mass is 10.3. The maximum Gasteiger partial charge on any atom is 0.136 e. The van der Waals surface area contributed by atoms with Crippen molar-refractivity contribution in [2.75, 3.05) is 43.9 Å². The van der Waals surface area contributed by atoms with E-state index in [1.807, 2.05) is 13.1 Å². The topological polar surface area (TPSA) is 53.1 Å². The van der Waals surface area contributed by atoms with Gasteiger partial charge in [0.15, 0.2) is 0 Å². The minimum absolute atomic E-state index is 0.580. The molecule has 5 nitrogen and oxygen atoms in total. The number of likely N-dealkylation sites (N-methyl/N-ethyl adjacent to an activating group) is 1. The van der Waals surface area contributed by atoms with Crippen LogP contribution < -0.4 is 10.6 Å². The highest BCUT2D eigenvalue weighted by molar-refractivity contribution is 5.47. The predicted molar refractivity (Wildman–Crippen MR) is 84.4 cm³/mol. The summed E-state index contributed by atoms with van der Waals surface area (Å²) in [6.45, 7) is 8.69. The van der Waals surface area contributed by atoms with Crippen LogP contribution in [0.2, 0.25) is 0 Å². The summed E-state index contributed by atoms with van der Waals surface area (Å²) in [7, 11) is 1.91. The molecule has 1 saturated carbocycles. The highest BCUT2D eigenvalue weighted by Gasteiger charge is 2.27. The normalized spacial score (nSPS) is 14.6. The predicted octanol–water partition coefficient (Wildman–Crippen LogP) is 2.54. The maximum absolute atomic E-state index is 4.63. The Labute approximate surface area is 122 Å². The van der Waals surface area contributed by atoms with Crippen molar-refractivity contribution in [2.24, 2.45) is 0 Å². The number of anilines is 2. The third kappa shape index (κ3) is 4.34. The number of nitrogens with zero attached hydrogens (tertiary/aromatic N) is 3. The molecular formula is C15H27N5. The third-order valence-electron chi connectivity index (χ3n) is 3.66. The van der Waals surface area contributed by atoms with Gasteiger partial charge in [-0.25, -0.2) is 9.97 Å². The van der Waals surface area contributed by atoms with Gasteiger partial charge in [0.2, 0.25) is 0 Å². The molecule has 1 aromatic rings. The van der Waals surface area contributed by atoms with Crippen molar-refractivity contribution in [1.82, 2.24) is 14.9 Å². The molecule has 0 aliphatic heterocycles. The molecule has 0 unspecified atom stereocenters. The van der Waals surface area contributed by atoms with Crippen LogP contribution >= 0.6 is 0 Å². The molecule has 1 aromatic heterocycles. The van der Waals surface area contributed by atoms with Gasteiger partial charge in [0.25, 0.3) is 0 Å². The van der Waals surface area contributed by atoms with Crippen molar-refractivity contribution >= 4 is 11.6 Å². The van der Waals surface area contributed by atoms with E-state index in [4.69, 9.17) is 0 Å². The van der Waals surface area contributed by atoms with E-state index in [0.29, 0.717) is 5.92 Å². The number of aromatic nitrogens is 2. The van der Waals surface area contributed by atoms with Gasteiger partial charge in [0.05, 0.1) is 0 Å². The van der Waals surface area contributed by atoms with E-state index in [-0.39, 0.29) is 0 Å². The first-order valence-electron chi connectivity index (χ1n) is 7.79. The molecule has 2 N–H and O–H groups in total. The lowest BCUT2D eigenvalue weighted by molar-refractivity contribution is 0.300. The number of hydrogen-bond donors (Lipinski definition) is 2. The molecular weight excluding hydrogens is 250 g/mol. The van der Waals surface area contributed by atoms with Crippen LogP contribution in [0.3, 0.4) is 0 Å². The summed E-state index contributed by atoms with van der Waals surface area (Å²) in [5.41, 5.74) is 0. The highest BCUT2D eigenvalue weighted by atomic mass is 15.1. The molecule has 1 aliphatic rings. The average Bonchev–Trinajstić information content (AvgIpc) is 3.30. The molecule has 0 radical (unpaired) electrons. The van der Waals surface area contributed by atoms with E-state index in [2.05, 4.69) is 39.3 Å². The average molecular weight is 277 g/mol. The van der Waals surface area contributed by atoms with Gasteiger partial charge in [-0.3, -0.25) is 0 Å². The van der Waals surface area contributed by atoms with E-state index in [1.54, 1.807) is 0 Å². The molecule has 112 valence electrons. The number of rotatable bonds is 9. The molecule has 5 heteroatoms. The first kappa shape index (κ1) is 15.0. The van der Waals surface area contributed by atoms with E-state index >= 15 is 0 Å². The Morgan fingerprint density at radius 2 is 1.95 bits per heavy atom. The Morgan fingerprint density at radius 3 is 2.55 bits per heavy atom. The van der Waals surface area contributed by atoms with Gasteiger partial charge in [0, 0.05) is 32.1 Å². The van der Waals surface area contributed by atoms with Crippen LogP contribution in [0.4, 0.5) is 11.6 Å². The fourth-order valence-corrected chi connectivity index (χ4v) is 2.29. The van der Waals surface area contributed by atoms with Crippen LogP contribution in [0.1, 0.15) is 44.9 Å². The summed E-state index contributed by atoms with van der Waals surface area (Å²) in [5, 5.41) is 6.55. The SMILES string of the molecule is CCCN(CC)CCNc1cc(NC)nc(C2CC2)n1. The lowest BCUT2D eigenvalue weighted by Gasteiger charge is -2.19. The molecule has 0 aromatic carbocycles. The second-order valence-electron chi connectivity index (χ2n) is 5.38. The highest BCUT2D eigenvalue weighted by Crippen LogP contribution is 2.38. The monoisotopic (exact) mass is 277 g/mol. The summed E-state index contributed by atoms with van der Waals surface area (Å²) >= 11 is 0. The van der Waals surface area contributed by atoms with Crippen LogP contribution in [-0.4, -0.2) is 48.1 Å². The zero-order chi connectivity index (χ0) is 14.4. The summed E-state index contributed by atoms with van der Waals surface area (Å²) in [4.78, 5) is 11.6. The van der Waals surface area contributed by atoms with Crippen LogP contribution in [0, 0.1) is 0 Å². The fourth-order valence-electron chi connectivity index (χ4n) is 2.29. The Morgan fingerprint density at radius 1 is 1.20 bits per heavy atom. The minimum atomic E-state index is 0.580. The summed E-state index contributed by atoms with van der Waals surface area (Å²) in [6, 6.07) is 1.99. The summed E-state index contributed by atoms with van der Waals surface area (Å²) < 4.78 is 0. The zero-order valence-electron chi connectivity index (χ0n) is 12.9. The standard InChI is InChI=1S/C15H27N5/c1-4-9-20(5-2)10-8-17-14-11-13(16-3)18-15(19-14)12-6-7-12/h11-12H,4-10H2,1-3H3,(H2,16,17,18,19). The van der Waals surface area contributed by atoms with E-state index in [9.17, 15) is 0 Å². The molecule has 0 bridgehead atoms. The van der Waals surface area contributed by atoms with E-state index in [0.717, 1.165) is 43.6 Å². The second-order valence-corrected chi connectivity index (χ2v) is 5.38. The summed E-state index contributed by atoms with van der Waals surface area (Å²) in [6.07, 6.45) is 3.66. The minimum Gasteiger partial charge on any atom is -0.373 e. The summed E-state index contributed by atoms with van der Waals surface area (Å²) in [5.74, 6) is 3.42. The van der Waals surface area contributed by atoms with E-state index in [1.165, 1.54) is 19.3 Å². The molecule has 0 saturated heterocycles. The van der Waals surface area contributed by atoms with Crippen molar-refractivity contribution in [2.45, 2.75) is 39.0 Å². The fraction of sp³-hybridized carbons (Fsp3) is 0.733. The molecule has 1 heterocycles. The molecule has 1 aliphatic carbocycles. The van der Waals surface area contributed by atoms with Gasteiger partial charge in [-0.15, -0.1) is 0 Å². The largest absolute Gasteiger partial charge is 0.373 e. The van der Waals surface area contributed by atoms with Crippen molar-refractivity contribution in [3.05, 3.63) is 11.9 Å². The molecule has 0 spiro atoms. The number of hydrogen-bond acceptors (Lipinski definition) is 5. The smallest absolute Gasteiger partial charge is 0.136 e. The zero-order valence-corrected chi connectivity index (χ0v) is 12.9. The quantitative estimate of drug-likeness (QED) is 0.726. The van der Waals surface area contributed by atoms with Crippen LogP contribution in [0.25, 0.3) is 0 Å². The second kappa shape index (κ2) is 7.43. The van der Waals surface area contributed by atoms with Gasteiger partial charge in [0.1, 0.15) is 17.5 Å². The van der Waals surface area contributed by atoms with Crippen molar-refractivity contribution in [1.29, 1.82) is 0 Å². The Hall–Kier alpha value is -1.36. The number of nitrogens with one attached hydrogen (secondary N) is 2.